The van der Waals surface area contributed by atoms with Gasteiger partial charge in [0, 0.05) is 24.3 Å². The van der Waals surface area contributed by atoms with E-state index in [0.717, 1.165) is 5.56 Å². The number of carbonyl (C=O) groups excluding carboxylic acids is 1. The van der Waals surface area contributed by atoms with Crippen molar-refractivity contribution in [1.82, 2.24) is 5.32 Å². The van der Waals surface area contributed by atoms with Crippen LogP contribution in [0, 0.1) is 0 Å². The van der Waals surface area contributed by atoms with Crippen molar-refractivity contribution in [1.29, 1.82) is 0 Å². The molecule has 2 aromatic rings. The number of rotatable bonds is 6. The van der Waals surface area contributed by atoms with Gasteiger partial charge in [-0.2, -0.15) is 8.42 Å². The third-order valence-electron chi connectivity index (χ3n) is 3.66. The number of hydrogen-bond donors (Lipinski definition) is 4. The lowest BCUT2D eigenvalue weighted by Gasteiger charge is -2.14. The fourth-order valence-electron chi connectivity index (χ4n) is 2.47. The van der Waals surface area contributed by atoms with Crippen molar-refractivity contribution in [2.45, 2.75) is 31.7 Å². The van der Waals surface area contributed by atoms with Crippen molar-refractivity contribution < 1.29 is 17.8 Å². The minimum atomic E-state index is -4.44. The van der Waals surface area contributed by atoms with E-state index in [1.165, 1.54) is 13.0 Å². The van der Waals surface area contributed by atoms with Crippen molar-refractivity contribution >= 4 is 56.9 Å². The molecule has 0 heterocycles. The molecule has 154 valence electrons. The quantitative estimate of drug-likeness (QED) is 0.312. The summed E-state index contributed by atoms with van der Waals surface area (Å²) in [6.45, 7) is 5.27. The Morgan fingerprint density at radius 3 is 2.21 bits per heavy atom. The van der Waals surface area contributed by atoms with Crippen LogP contribution >= 0.6 is 12.2 Å². The van der Waals surface area contributed by atoms with Crippen LogP contribution < -0.4 is 16.0 Å². The summed E-state index contributed by atoms with van der Waals surface area (Å²) in [5.41, 5.74) is 2.22. The van der Waals surface area contributed by atoms with E-state index in [9.17, 15) is 17.8 Å². The van der Waals surface area contributed by atoms with Crippen molar-refractivity contribution in [3.8, 4) is 0 Å². The predicted octanol–water partition coefficient (Wildman–Crippen LogP) is 3.76. The predicted molar refractivity (Wildman–Crippen MR) is 120 cm³/mol. The summed E-state index contributed by atoms with van der Waals surface area (Å²) in [5, 5.41) is 8.91. The standard InChI is InChI=1S/C20H23N3O4S2/c1-13(2)21-20(28)23-18-11-8-16(19(12-18)29(25,26)27)7-4-15-5-9-17(10-6-15)22-14(3)24/h4-13H,1-3H3,(H,22,24)(H2,21,23,28)(H,25,26,27)/b7-4+. The number of amides is 1. The van der Waals surface area contributed by atoms with Crippen LogP contribution in [-0.2, 0) is 14.9 Å². The summed E-state index contributed by atoms with van der Waals surface area (Å²) >= 11 is 5.16. The second-order valence-electron chi connectivity index (χ2n) is 6.62. The van der Waals surface area contributed by atoms with Gasteiger partial charge in [0.25, 0.3) is 10.1 Å². The molecule has 0 radical (unpaired) electrons. The molecule has 0 saturated carbocycles. The number of benzene rings is 2. The highest BCUT2D eigenvalue weighted by molar-refractivity contribution is 7.86. The Balaban J connectivity index is 2.26. The fourth-order valence-corrected chi connectivity index (χ4v) is 3.53. The molecule has 0 aliphatic rings. The first-order chi connectivity index (χ1) is 13.5. The molecule has 2 rings (SSSR count). The smallest absolute Gasteiger partial charge is 0.295 e. The first-order valence-corrected chi connectivity index (χ1v) is 10.6. The third kappa shape index (κ3) is 7.30. The molecule has 1 amide bonds. The maximum Gasteiger partial charge on any atom is 0.295 e. The molecule has 0 fully saturated rings. The number of hydrogen-bond acceptors (Lipinski definition) is 4. The molecule has 2 aromatic carbocycles. The van der Waals surface area contributed by atoms with Gasteiger partial charge in [-0.05, 0) is 61.5 Å². The highest BCUT2D eigenvalue weighted by Crippen LogP contribution is 2.23. The number of thiocarbonyl (C=S) groups is 1. The molecule has 0 spiro atoms. The van der Waals surface area contributed by atoms with Gasteiger partial charge in [0.15, 0.2) is 5.11 Å². The van der Waals surface area contributed by atoms with Crippen LogP contribution in [0.5, 0.6) is 0 Å². The molecular weight excluding hydrogens is 410 g/mol. The molecule has 4 N–H and O–H groups in total. The van der Waals surface area contributed by atoms with Gasteiger partial charge in [-0.1, -0.05) is 30.4 Å². The average molecular weight is 434 g/mol. The van der Waals surface area contributed by atoms with Gasteiger partial charge in [-0.3, -0.25) is 9.35 Å². The van der Waals surface area contributed by atoms with Crippen LogP contribution in [0.3, 0.4) is 0 Å². The minimum Gasteiger partial charge on any atom is -0.360 e. The molecule has 7 nitrogen and oxygen atoms in total. The van der Waals surface area contributed by atoms with Gasteiger partial charge in [0.2, 0.25) is 5.91 Å². The molecule has 0 aliphatic carbocycles. The molecule has 0 saturated heterocycles. The largest absolute Gasteiger partial charge is 0.360 e. The summed E-state index contributed by atoms with van der Waals surface area (Å²) in [6.07, 6.45) is 3.30. The van der Waals surface area contributed by atoms with E-state index >= 15 is 0 Å². The van der Waals surface area contributed by atoms with E-state index in [0.29, 0.717) is 22.1 Å². The summed E-state index contributed by atoms with van der Waals surface area (Å²) in [5.74, 6) is -0.164. The fraction of sp³-hybridized carbons (Fsp3) is 0.200. The zero-order chi connectivity index (χ0) is 21.6. The lowest BCUT2D eigenvalue weighted by molar-refractivity contribution is -0.114. The van der Waals surface area contributed by atoms with Crippen LogP contribution in [0.25, 0.3) is 12.2 Å². The number of nitrogens with one attached hydrogen (secondary N) is 3. The monoisotopic (exact) mass is 433 g/mol. The van der Waals surface area contributed by atoms with E-state index in [4.69, 9.17) is 12.2 Å². The Bertz CT molecular complexity index is 1030. The topological polar surface area (TPSA) is 108 Å². The first-order valence-electron chi connectivity index (χ1n) is 8.79. The number of anilines is 2. The van der Waals surface area contributed by atoms with Gasteiger partial charge in [0.05, 0.1) is 0 Å². The van der Waals surface area contributed by atoms with Crippen LogP contribution in [0.2, 0.25) is 0 Å². The van der Waals surface area contributed by atoms with Crippen LogP contribution in [0.4, 0.5) is 11.4 Å². The maximum atomic E-state index is 11.8. The molecule has 0 atom stereocenters. The van der Waals surface area contributed by atoms with Gasteiger partial charge < -0.3 is 16.0 Å². The zero-order valence-electron chi connectivity index (χ0n) is 16.3. The summed E-state index contributed by atoms with van der Waals surface area (Å²) < 4.78 is 33.3. The third-order valence-corrected chi connectivity index (χ3v) is 4.78. The van der Waals surface area contributed by atoms with Crippen LogP contribution in [0.1, 0.15) is 31.9 Å². The van der Waals surface area contributed by atoms with Gasteiger partial charge in [-0.15, -0.1) is 0 Å². The summed E-state index contributed by atoms with van der Waals surface area (Å²) in [7, 11) is -4.44. The van der Waals surface area contributed by atoms with Crippen LogP contribution in [0.15, 0.2) is 47.4 Å². The highest BCUT2D eigenvalue weighted by Gasteiger charge is 2.15. The van der Waals surface area contributed by atoms with E-state index < -0.39 is 10.1 Å². The molecule has 0 unspecified atom stereocenters. The lowest BCUT2D eigenvalue weighted by atomic mass is 10.1. The van der Waals surface area contributed by atoms with E-state index in [1.54, 1.807) is 48.6 Å². The normalized spacial score (nSPS) is 11.5. The first kappa shape index (κ1) is 22.5. The Morgan fingerprint density at radius 2 is 1.66 bits per heavy atom. The Labute approximate surface area is 176 Å². The highest BCUT2D eigenvalue weighted by atomic mass is 32.2. The average Bonchev–Trinajstić information content (AvgIpc) is 2.59. The van der Waals surface area contributed by atoms with Crippen molar-refractivity contribution in [3.63, 3.8) is 0 Å². The Hall–Kier alpha value is -2.75. The van der Waals surface area contributed by atoms with Crippen molar-refractivity contribution in [2.75, 3.05) is 10.6 Å². The maximum absolute atomic E-state index is 11.8. The second-order valence-corrected chi connectivity index (χ2v) is 8.42. The summed E-state index contributed by atoms with van der Waals surface area (Å²) in [6, 6.07) is 11.7. The Kier molecular flexibility index (Phi) is 7.49. The molecule has 9 heteroatoms. The van der Waals surface area contributed by atoms with Gasteiger partial charge in [-0.25, -0.2) is 0 Å². The minimum absolute atomic E-state index is 0.121. The van der Waals surface area contributed by atoms with Gasteiger partial charge >= 0.3 is 0 Å². The summed E-state index contributed by atoms with van der Waals surface area (Å²) in [4.78, 5) is 10.8. The van der Waals surface area contributed by atoms with E-state index in [2.05, 4.69) is 16.0 Å². The second kappa shape index (κ2) is 9.64. The van der Waals surface area contributed by atoms with Gasteiger partial charge in [0.1, 0.15) is 4.90 Å². The zero-order valence-corrected chi connectivity index (χ0v) is 17.9. The number of carbonyl (C=O) groups is 1. The SMILES string of the molecule is CC(=O)Nc1ccc(/C=C/c2ccc(NC(=S)NC(C)C)cc2S(=O)(=O)O)cc1. The molecule has 0 bridgehead atoms. The molecule has 0 aliphatic heterocycles. The molecular formula is C20H23N3O4S2. The lowest BCUT2D eigenvalue weighted by Crippen LogP contribution is -2.33. The van der Waals surface area contributed by atoms with E-state index in [1.807, 2.05) is 13.8 Å². The van der Waals surface area contributed by atoms with Crippen molar-refractivity contribution in [3.05, 3.63) is 53.6 Å². The molecule has 29 heavy (non-hydrogen) atoms. The van der Waals surface area contributed by atoms with Crippen molar-refractivity contribution in [2.24, 2.45) is 0 Å². The van der Waals surface area contributed by atoms with Crippen LogP contribution in [-0.4, -0.2) is 30.0 Å². The Morgan fingerprint density at radius 1 is 1.03 bits per heavy atom. The van der Waals surface area contributed by atoms with E-state index in [-0.39, 0.29) is 16.8 Å². The molecule has 0 aromatic heterocycles.